The van der Waals surface area contributed by atoms with Crippen LogP contribution in [0, 0.1) is 17.3 Å². The van der Waals surface area contributed by atoms with Gasteiger partial charge in [-0.05, 0) is 29.9 Å². The quantitative estimate of drug-likeness (QED) is 0.773. The van der Waals surface area contributed by atoms with E-state index in [1.54, 1.807) is 6.08 Å². The van der Waals surface area contributed by atoms with E-state index in [0.717, 1.165) is 5.56 Å². The fraction of sp³-hybridized carbons (Fsp3) is 0.471. The van der Waals surface area contributed by atoms with E-state index in [-0.39, 0.29) is 27.6 Å². The number of rotatable bonds is 5. The van der Waals surface area contributed by atoms with Crippen LogP contribution in [0.25, 0.3) is 0 Å². The molecule has 114 valence electrons. The topological polar surface area (TPSA) is 20.3 Å². The normalized spacial score (nSPS) is 22.5. The number of hydrogen-bond donors (Lipinski definition) is 0. The summed E-state index contributed by atoms with van der Waals surface area (Å²) in [5.41, 5.74) is 1.07. The van der Waals surface area contributed by atoms with Crippen molar-refractivity contribution in [3.63, 3.8) is 0 Å². The van der Waals surface area contributed by atoms with Gasteiger partial charge in [-0.2, -0.15) is 0 Å². The molecule has 0 N–H and O–H groups in total. The lowest BCUT2D eigenvalue weighted by atomic mass is 10.1. The minimum absolute atomic E-state index is 0.0336. The van der Waals surface area contributed by atoms with E-state index in [4.69, 9.17) is 23.2 Å². The van der Waals surface area contributed by atoms with Crippen LogP contribution in [0.3, 0.4) is 0 Å². The molecule has 0 saturated heterocycles. The summed E-state index contributed by atoms with van der Waals surface area (Å²) >= 11 is 11.5. The van der Waals surface area contributed by atoms with Gasteiger partial charge in [0.05, 0.1) is 5.92 Å². The predicted octanol–water partition coefficient (Wildman–Crippen LogP) is 4.63. The van der Waals surface area contributed by atoms with Crippen LogP contribution in [0.2, 0.25) is 0 Å². The zero-order valence-corrected chi connectivity index (χ0v) is 14.2. The summed E-state index contributed by atoms with van der Waals surface area (Å²) in [6, 6.07) is 10.1. The SMILES string of the molecule is CCN(Cc1ccccc1)C(=O)[C@H]1[C@@H](C=C(Cl)Cl)C1(C)C. The third-order valence-electron chi connectivity index (χ3n) is 4.39. The highest BCUT2D eigenvalue weighted by atomic mass is 35.5. The Morgan fingerprint density at radius 1 is 1.29 bits per heavy atom. The van der Waals surface area contributed by atoms with Crippen LogP contribution >= 0.6 is 23.2 Å². The van der Waals surface area contributed by atoms with Crippen LogP contribution in [0.5, 0.6) is 0 Å². The largest absolute Gasteiger partial charge is 0.338 e. The highest BCUT2D eigenvalue weighted by molar-refractivity contribution is 6.55. The molecule has 1 amide bonds. The van der Waals surface area contributed by atoms with Gasteiger partial charge in [-0.3, -0.25) is 4.79 Å². The summed E-state index contributed by atoms with van der Waals surface area (Å²) in [5.74, 6) is 0.274. The monoisotopic (exact) mass is 325 g/mol. The van der Waals surface area contributed by atoms with Crippen LogP contribution in [0.15, 0.2) is 40.9 Å². The van der Waals surface area contributed by atoms with Gasteiger partial charge in [-0.25, -0.2) is 0 Å². The molecule has 1 aromatic rings. The lowest BCUT2D eigenvalue weighted by Crippen LogP contribution is -2.32. The lowest BCUT2D eigenvalue weighted by Gasteiger charge is -2.22. The van der Waals surface area contributed by atoms with Gasteiger partial charge in [0.2, 0.25) is 5.91 Å². The fourth-order valence-corrected chi connectivity index (χ4v) is 3.21. The van der Waals surface area contributed by atoms with Gasteiger partial charge in [0.25, 0.3) is 0 Å². The molecular weight excluding hydrogens is 305 g/mol. The Bertz CT molecular complexity index is 535. The Labute approximate surface area is 136 Å². The van der Waals surface area contributed by atoms with Gasteiger partial charge in [0.15, 0.2) is 0 Å². The average molecular weight is 326 g/mol. The molecule has 0 heterocycles. The molecule has 2 atom stereocenters. The molecule has 0 radical (unpaired) electrons. The number of allylic oxidation sites excluding steroid dienone is 1. The maximum atomic E-state index is 12.8. The number of nitrogens with zero attached hydrogens (tertiary/aromatic N) is 1. The molecule has 0 aromatic heterocycles. The number of hydrogen-bond acceptors (Lipinski definition) is 1. The second kappa shape index (κ2) is 6.41. The van der Waals surface area contributed by atoms with Crippen molar-refractivity contribution >= 4 is 29.1 Å². The fourth-order valence-electron chi connectivity index (χ4n) is 2.94. The first-order valence-corrected chi connectivity index (χ1v) is 7.99. The maximum absolute atomic E-state index is 12.8. The van der Waals surface area contributed by atoms with E-state index in [1.165, 1.54) is 0 Å². The summed E-state index contributed by atoms with van der Waals surface area (Å²) in [7, 11) is 0. The molecule has 0 aliphatic heterocycles. The van der Waals surface area contributed by atoms with Crippen molar-refractivity contribution in [2.75, 3.05) is 6.54 Å². The third-order valence-corrected chi connectivity index (χ3v) is 4.64. The number of carbonyl (C=O) groups is 1. The van der Waals surface area contributed by atoms with E-state index in [9.17, 15) is 4.79 Å². The predicted molar refractivity (Wildman–Crippen MR) is 88.1 cm³/mol. The molecule has 4 heteroatoms. The van der Waals surface area contributed by atoms with Crippen LogP contribution in [0.1, 0.15) is 26.3 Å². The van der Waals surface area contributed by atoms with Crippen molar-refractivity contribution in [3.05, 3.63) is 46.5 Å². The molecule has 1 aliphatic rings. The second-order valence-electron chi connectivity index (χ2n) is 6.12. The van der Waals surface area contributed by atoms with Crippen molar-refractivity contribution < 1.29 is 4.79 Å². The maximum Gasteiger partial charge on any atom is 0.227 e. The minimum atomic E-state index is -0.0732. The molecule has 2 nitrogen and oxygen atoms in total. The summed E-state index contributed by atoms with van der Waals surface area (Å²) in [5, 5.41) is 0. The smallest absolute Gasteiger partial charge is 0.227 e. The second-order valence-corrected chi connectivity index (χ2v) is 7.13. The average Bonchev–Trinajstić information content (AvgIpc) is 2.96. The molecule has 0 unspecified atom stereocenters. The van der Waals surface area contributed by atoms with Gasteiger partial charge in [-0.1, -0.05) is 67.4 Å². The van der Waals surface area contributed by atoms with Crippen molar-refractivity contribution in [2.24, 2.45) is 17.3 Å². The summed E-state index contributed by atoms with van der Waals surface area (Å²) in [4.78, 5) is 14.7. The number of carbonyl (C=O) groups excluding carboxylic acids is 1. The van der Waals surface area contributed by atoms with E-state index in [1.807, 2.05) is 42.2 Å². The van der Waals surface area contributed by atoms with Crippen molar-refractivity contribution in [1.29, 1.82) is 0 Å². The summed E-state index contributed by atoms with van der Waals surface area (Å²) in [6.07, 6.45) is 1.79. The Hall–Kier alpha value is -0.990. The number of benzene rings is 1. The molecule has 1 aliphatic carbocycles. The van der Waals surface area contributed by atoms with Crippen molar-refractivity contribution in [1.82, 2.24) is 4.90 Å². The van der Waals surface area contributed by atoms with Crippen LogP contribution in [-0.2, 0) is 11.3 Å². The third kappa shape index (κ3) is 3.61. The van der Waals surface area contributed by atoms with Gasteiger partial charge in [0, 0.05) is 13.1 Å². The summed E-state index contributed by atoms with van der Waals surface area (Å²) in [6.45, 7) is 7.53. The molecule has 0 spiro atoms. The standard InChI is InChI=1S/C17H21Cl2NO/c1-4-20(11-12-8-6-5-7-9-12)16(21)15-13(10-14(18)19)17(15,2)3/h5-10,13,15H,4,11H2,1-3H3/t13-,15-/m1/s1. The van der Waals surface area contributed by atoms with Crippen molar-refractivity contribution in [3.8, 4) is 0 Å². The number of halogens is 2. The highest BCUT2D eigenvalue weighted by Crippen LogP contribution is 2.60. The minimum Gasteiger partial charge on any atom is -0.338 e. The van der Waals surface area contributed by atoms with E-state index >= 15 is 0 Å². The van der Waals surface area contributed by atoms with Crippen LogP contribution in [0.4, 0.5) is 0 Å². The van der Waals surface area contributed by atoms with Crippen LogP contribution < -0.4 is 0 Å². The number of amides is 1. The van der Waals surface area contributed by atoms with Crippen LogP contribution in [-0.4, -0.2) is 17.4 Å². The first kappa shape index (κ1) is 16.4. The molecule has 1 fully saturated rings. The molecule has 2 rings (SSSR count). The molecule has 1 saturated carbocycles. The van der Waals surface area contributed by atoms with Gasteiger partial charge < -0.3 is 4.90 Å². The van der Waals surface area contributed by atoms with Gasteiger partial charge in [0.1, 0.15) is 4.49 Å². The van der Waals surface area contributed by atoms with E-state index in [0.29, 0.717) is 13.1 Å². The zero-order valence-electron chi connectivity index (χ0n) is 12.6. The van der Waals surface area contributed by atoms with E-state index < -0.39 is 0 Å². The van der Waals surface area contributed by atoms with E-state index in [2.05, 4.69) is 13.8 Å². The first-order chi connectivity index (χ1) is 9.87. The first-order valence-electron chi connectivity index (χ1n) is 7.23. The lowest BCUT2D eigenvalue weighted by molar-refractivity contribution is -0.133. The Kier molecular flexibility index (Phi) is 5.00. The van der Waals surface area contributed by atoms with Crippen molar-refractivity contribution in [2.45, 2.75) is 27.3 Å². The highest BCUT2D eigenvalue weighted by Gasteiger charge is 2.61. The Morgan fingerprint density at radius 3 is 2.43 bits per heavy atom. The van der Waals surface area contributed by atoms with Gasteiger partial charge >= 0.3 is 0 Å². The molecular formula is C17H21Cl2NO. The zero-order chi connectivity index (χ0) is 15.6. The molecule has 21 heavy (non-hydrogen) atoms. The Morgan fingerprint density at radius 2 is 1.90 bits per heavy atom. The molecule has 1 aromatic carbocycles. The summed E-state index contributed by atoms with van der Waals surface area (Å²) < 4.78 is 0.245. The molecule has 0 bridgehead atoms. The van der Waals surface area contributed by atoms with Gasteiger partial charge in [-0.15, -0.1) is 0 Å². The Balaban J connectivity index is 2.09.